The first-order valence-electron chi connectivity index (χ1n) is 13.5. The zero-order valence-corrected chi connectivity index (χ0v) is 29.5. The fourth-order valence-electron chi connectivity index (χ4n) is 4.15. The molecule has 0 N–H and O–H groups in total. The Morgan fingerprint density at radius 2 is 0.909 bits per heavy atom. The maximum Gasteiger partial charge on any atom is 0.423 e. The molecule has 0 fully saturated rings. The van der Waals surface area contributed by atoms with Crippen LogP contribution in [-0.2, 0) is 19.1 Å². The van der Waals surface area contributed by atoms with Crippen LogP contribution in [0.1, 0.15) is 87.9 Å². The molecule has 14 heteroatoms. The van der Waals surface area contributed by atoms with Gasteiger partial charge in [-0.05, 0) is 35.8 Å². The lowest BCUT2D eigenvalue weighted by Crippen LogP contribution is -2.28. The first-order chi connectivity index (χ1) is 20.4. The quantitative estimate of drug-likeness (QED) is 0.0919. The Kier molecular flexibility index (Phi) is 14.0. The van der Waals surface area contributed by atoms with E-state index in [1.807, 2.05) is 41.5 Å². The number of hydrogen-bond donors (Lipinski definition) is 0. The van der Waals surface area contributed by atoms with Gasteiger partial charge in [-0.2, -0.15) is 0 Å². The lowest BCUT2D eigenvalue weighted by Gasteiger charge is -2.24. The van der Waals surface area contributed by atoms with E-state index in [0.29, 0.717) is 0 Å². The fourth-order valence-corrected chi connectivity index (χ4v) is 5.59. The number of esters is 4. The van der Waals surface area contributed by atoms with Crippen molar-refractivity contribution >= 4 is 93.5 Å². The molecule has 0 saturated heterocycles. The SMILES string of the molecule is CCCC(C)(C)COC(=O)c1c(Cl)c(Cl)cc(Cl)c1OC(=O)C(=O)Oc1c(Cl)cc(Cl)c(Cl)c1C(=O)OCC(C)(C)CCC. The number of halogens is 6. The zero-order valence-electron chi connectivity index (χ0n) is 24.9. The predicted molar refractivity (Wildman–Crippen MR) is 172 cm³/mol. The van der Waals surface area contributed by atoms with Crippen LogP contribution < -0.4 is 9.47 Å². The van der Waals surface area contributed by atoms with Crippen molar-refractivity contribution in [2.75, 3.05) is 13.2 Å². The minimum absolute atomic E-state index is 0.000108. The van der Waals surface area contributed by atoms with Crippen LogP contribution >= 0.6 is 69.6 Å². The molecule has 242 valence electrons. The molecule has 44 heavy (non-hydrogen) atoms. The second kappa shape index (κ2) is 16.1. The summed E-state index contributed by atoms with van der Waals surface area (Å²) in [5.41, 5.74) is -1.71. The summed E-state index contributed by atoms with van der Waals surface area (Å²) in [7, 11) is 0. The number of carbonyl (C=O) groups is 4. The molecule has 0 unspecified atom stereocenters. The topological polar surface area (TPSA) is 105 Å². The van der Waals surface area contributed by atoms with E-state index in [1.165, 1.54) is 0 Å². The number of rotatable bonds is 12. The summed E-state index contributed by atoms with van der Waals surface area (Å²) in [4.78, 5) is 52.0. The van der Waals surface area contributed by atoms with Crippen molar-refractivity contribution in [1.82, 2.24) is 0 Å². The minimum atomic E-state index is -1.66. The van der Waals surface area contributed by atoms with Gasteiger partial charge in [0.2, 0.25) is 0 Å². The molecule has 0 saturated carbocycles. The van der Waals surface area contributed by atoms with Gasteiger partial charge in [-0.3, -0.25) is 0 Å². The normalized spacial score (nSPS) is 11.6. The van der Waals surface area contributed by atoms with Crippen molar-refractivity contribution in [3.05, 3.63) is 53.4 Å². The van der Waals surface area contributed by atoms with Gasteiger partial charge in [0.15, 0.2) is 11.5 Å². The smallest absolute Gasteiger partial charge is 0.423 e. The van der Waals surface area contributed by atoms with Gasteiger partial charge >= 0.3 is 23.9 Å². The summed E-state index contributed by atoms with van der Waals surface area (Å²) in [6, 6.07) is 2.22. The largest absolute Gasteiger partial charge is 0.461 e. The van der Waals surface area contributed by atoms with Gasteiger partial charge in [0.05, 0.1) is 43.3 Å². The van der Waals surface area contributed by atoms with E-state index >= 15 is 0 Å². The molecular formula is C30H32Cl6O8. The molecule has 0 bridgehead atoms. The van der Waals surface area contributed by atoms with Crippen LogP contribution in [0.15, 0.2) is 12.1 Å². The van der Waals surface area contributed by atoms with Crippen molar-refractivity contribution in [3.8, 4) is 11.5 Å². The van der Waals surface area contributed by atoms with E-state index in [9.17, 15) is 19.2 Å². The van der Waals surface area contributed by atoms with Crippen molar-refractivity contribution in [2.45, 2.75) is 67.2 Å². The highest BCUT2D eigenvalue weighted by atomic mass is 35.5. The van der Waals surface area contributed by atoms with Gasteiger partial charge in [0.1, 0.15) is 11.1 Å². The van der Waals surface area contributed by atoms with Crippen LogP contribution in [0.2, 0.25) is 30.1 Å². The average molecular weight is 733 g/mol. The third kappa shape index (κ3) is 10.0. The van der Waals surface area contributed by atoms with E-state index in [-0.39, 0.29) is 54.2 Å². The lowest BCUT2D eigenvalue weighted by atomic mass is 9.89. The van der Waals surface area contributed by atoms with E-state index in [4.69, 9.17) is 88.6 Å². The Morgan fingerprint density at radius 3 is 1.20 bits per heavy atom. The highest BCUT2D eigenvalue weighted by Crippen LogP contribution is 2.42. The molecule has 0 aliphatic rings. The molecule has 8 nitrogen and oxygen atoms in total. The van der Waals surface area contributed by atoms with E-state index in [2.05, 4.69) is 0 Å². The van der Waals surface area contributed by atoms with Gasteiger partial charge in [-0.15, -0.1) is 0 Å². The van der Waals surface area contributed by atoms with E-state index in [1.54, 1.807) is 0 Å². The summed E-state index contributed by atoms with van der Waals surface area (Å²) < 4.78 is 21.1. The first-order valence-corrected chi connectivity index (χ1v) is 15.8. The summed E-state index contributed by atoms with van der Waals surface area (Å²) in [5, 5.41) is -1.57. The molecule has 0 amide bonds. The minimum Gasteiger partial charge on any atom is -0.461 e. The van der Waals surface area contributed by atoms with Crippen LogP contribution in [0.25, 0.3) is 0 Å². The molecular weight excluding hydrogens is 701 g/mol. The average Bonchev–Trinajstić information content (AvgIpc) is 2.92. The van der Waals surface area contributed by atoms with Crippen LogP contribution in [0.5, 0.6) is 11.5 Å². The summed E-state index contributed by atoms with van der Waals surface area (Å²) >= 11 is 37.2. The number of carbonyl (C=O) groups excluding carboxylic acids is 4. The van der Waals surface area contributed by atoms with Crippen LogP contribution in [0, 0.1) is 10.8 Å². The van der Waals surface area contributed by atoms with Crippen molar-refractivity contribution in [3.63, 3.8) is 0 Å². The molecule has 0 radical (unpaired) electrons. The van der Waals surface area contributed by atoms with Crippen molar-refractivity contribution < 1.29 is 38.1 Å². The molecule has 0 aliphatic carbocycles. The highest BCUT2D eigenvalue weighted by Gasteiger charge is 2.33. The Bertz CT molecular complexity index is 1330. The summed E-state index contributed by atoms with van der Waals surface area (Å²) in [5.74, 6) is -6.50. The summed E-state index contributed by atoms with van der Waals surface area (Å²) in [6.07, 6.45) is 3.19. The molecule has 0 heterocycles. The fraction of sp³-hybridized carbons (Fsp3) is 0.467. The molecule has 2 aromatic rings. The molecule has 0 spiro atoms. The number of benzene rings is 2. The lowest BCUT2D eigenvalue weighted by molar-refractivity contribution is -0.156. The number of hydrogen-bond acceptors (Lipinski definition) is 8. The monoisotopic (exact) mass is 730 g/mol. The van der Waals surface area contributed by atoms with Gasteiger partial charge in [0, 0.05) is 0 Å². The second-order valence-corrected chi connectivity index (χ2v) is 13.9. The Hall–Kier alpha value is -1.94. The Labute approximate surface area is 286 Å². The van der Waals surface area contributed by atoms with E-state index in [0.717, 1.165) is 37.8 Å². The third-order valence-electron chi connectivity index (χ3n) is 6.26. The van der Waals surface area contributed by atoms with Crippen molar-refractivity contribution in [1.29, 1.82) is 0 Å². The predicted octanol–water partition coefficient (Wildman–Crippen LogP) is 10.1. The summed E-state index contributed by atoms with van der Waals surface area (Å²) in [6.45, 7) is 11.6. The number of ether oxygens (including phenoxy) is 4. The van der Waals surface area contributed by atoms with Crippen molar-refractivity contribution in [2.24, 2.45) is 10.8 Å². The first kappa shape index (κ1) is 38.2. The zero-order chi connectivity index (χ0) is 33.6. The van der Waals surface area contributed by atoms with Crippen LogP contribution in [-0.4, -0.2) is 37.1 Å². The van der Waals surface area contributed by atoms with Gasteiger partial charge < -0.3 is 18.9 Å². The van der Waals surface area contributed by atoms with Crippen LogP contribution in [0.4, 0.5) is 0 Å². The molecule has 2 rings (SSSR count). The van der Waals surface area contributed by atoms with Gasteiger partial charge in [-0.25, -0.2) is 19.2 Å². The molecule has 0 aromatic heterocycles. The van der Waals surface area contributed by atoms with Gasteiger partial charge in [0.25, 0.3) is 0 Å². The Balaban J connectivity index is 2.39. The van der Waals surface area contributed by atoms with Gasteiger partial charge in [-0.1, -0.05) is 124 Å². The van der Waals surface area contributed by atoms with E-state index < -0.39 is 46.5 Å². The molecule has 2 aromatic carbocycles. The standard InChI is InChI=1S/C30H32Cl6O8/c1-7-9-29(3,4)13-41-25(37)19-21(35)15(31)11-17(33)23(19)43-27(39)28(40)44-24-18(34)12-16(32)22(36)20(24)26(38)42-14-30(5,6)10-8-2/h11-12H,7-10,13-14H2,1-6H3. The third-order valence-corrected chi connectivity index (χ3v) is 8.40. The van der Waals surface area contributed by atoms with Crippen LogP contribution in [0.3, 0.4) is 0 Å². The molecule has 0 aliphatic heterocycles. The highest BCUT2D eigenvalue weighted by molar-refractivity contribution is 6.47. The molecule has 0 atom stereocenters. The maximum atomic E-state index is 13.1. The second-order valence-electron chi connectivity index (χ2n) is 11.5. The Morgan fingerprint density at radius 1 is 0.591 bits per heavy atom. The maximum absolute atomic E-state index is 13.1.